The van der Waals surface area contributed by atoms with E-state index in [1.54, 1.807) is 13.4 Å². The van der Waals surface area contributed by atoms with E-state index < -0.39 is 11.7 Å². The smallest absolute Gasteiger partial charge is 0.407 e. The van der Waals surface area contributed by atoms with Gasteiger partial charge in [-0.2, -0.15) is 0 Å². The number of rotatable bonds is 6. The lowest BCUT2D eigenvalue weighted by Crippen LogP contribution is -2.35. The summed E-state index contributed by atoms with van der Waals surface area (Å²) in [6.45, 7) is 10.8. The van der Waals surface area contributed by atoms with Gasteiger partial charge < -0.3 is 19.4 Å². The molecule has 0 aliphatic carbocycles. The van der Waals surface area contributed by atoms with E-state index in [-0.39, 0.29) is 5.54 Å². The average Bonchev–Trinajstić information content (AvgIpc) is 2.75. The number of amides is 1. The fourth-order valence-electron chi connectivity index (χ4n) is 2.08. The van der Waals surface area contributed by atoms with Gasteiger partial charge in [0.05, 0.1) is 18.5 Å². The van der Waals surface area contributed by atoms with Crippen LogP contribution in [0.25, 0.3) is 0 Å². The lowest BCUT2D eigenvalue weighted by atomic mass is 10.1. The molecule has 0 fully saturated rings. The van der Waals surface area contributed by atoms with Crippen molar-refractivity contribution < 1.29 is 14.3 Å². The second-order valence-electron chi connectivity index (χ2n) is 6.68. The molecule has 0 radical (unpaired) electrons. The van der Waals surface area contributed by atoms with Crippen LogP contribution >= 0.6 is 0 Å². The van der Waals surface area contributed by atoms with Crippen LogP contribution in [0.3, 0.4) is 0 Å². The van der Waals surface area contributed by atoms with E-state index in [1.807, 2.05) is 27.0 Å². The van der Waals surface area contributed by atoms with Gasteiger partial charge in [0, 0.05) is 32.0 Å². The fourth-order valence-corrected chi connectivity index (χ4v) is 2.08. The molecule has 0 saturated heterocycles. The summed E-state index contributed by atoms with van der Waals surface area (Å²) in [6, 6.07) is 0. The summed E-state index contributed by atoms with van der Waals surface area (Å²) < 4.78 is 12.5. The lowest BCUT2D eigenvalue weighted by molar-refractivity contribution is 0.0528. The number of ether oxygens (including phenoxy) is 2. The highest BCUT2D eigenvalue weighted by molar-refractivity contribution is 5.67. The number of aromatic nitrogens is 2. The molecule has 0 spiro atoms. The van der Waals surface area contributed by atoms with Gasteiger partial charge in [0.25, 0.3) is 0 Å². The van der Waals surface area contributed by atoms with Crippen molar-refractivity contribution in [2.45, 2.75) is 52.2 Å². The molecule has 0 saturated carbocycles. The molecule has 21 heavy (non-hydrogen) atoms. The van der Waals surface area contributed by atoms with Crippen molar-refractivity contribution in [3.8, 4) is 0 Å². The van der Waals surface area contributed by atoms with Gasteiger partial charge >= 0.3 is 6.09 Å². The Balaban J connectivity index is 2.54. The van der Waals surface area contributed by atoms with E-state index >= 15 is 0 Å². The first-order chi connectivity index (χ1) is 9.65. The Bertz CT molecular complexity index is 461. The Labute approximate surface area is 126 Å². The average molecular weight is 297 g/mol. The third kappa shape index (κ3) is 5.75. The van der Waals surface area contributed by atoms with Gasteiger partial charge in [-0.25, -0.2) is 9.78 Å². The number of imidazole rings is 1. The highest BCUT2D eigenvalue weighted by Crippen LogP contribution is 2.18. The highest BCUT2D eigenvalue weighted by atomic mass is 16.6. The van der Waals surface area contributed by atoms with Crippen LogP contribution in [-0.4, -0.2) is 41.5 Å². The molecule has 1 N–H and O–H groups in total. The first-order valence-corrected chi connectivity index (χ1v) is 7.13. The number of hydrogen-bond acceptors (Lipinski definition) is 4. The molecule has 1 aromatic rings. The number of methoxy groups -OCH3 is 1. The molecule has 0 bridgehead atoms. The van der Waals surface area contributed by atoms with E-state index in [4.69, 9.17) is 9.47 Å². The summed E-state index contributed by atoms with van der Waals surface area (Å²) in [5.74, 6) is 0. The minimum atomic E-state index is -0.480. The Morgan fingerprint density at radius 2 is 2.00 bits per heavy atom. The van der Waals surface area contributed by atoms with Crippen molar-refractivity contribution in [3.05, 3.63) is 18.2 Å². The van der Waals surface area contributed by atoms with Crippen LogP contribution in [0.1, 0.15) is 40.3 Å². The van der Waals surface area contributed by atoms with Gasteiger partial charge in [0.2, 0.25) is 0 Å². The zero-order valence-electron chi connectivity index (χ0n) is 13.9. The molecule has 1 aromatic heterocycles. The van der Waals surface area contributed by atoms with Gasteiger partial charge in [-0.1, -0.05) is 0 Å². The lowest BCUT2D eigenvalue weighted by Gasteiger charge is -2.27. The highest BCUT2D eigenvalue weighted by Gasteiger charge is 2.22. The Morgan fingerprint density at radius 3 is 2.57 bits per heavy atom. The zero-order chi connectivity index (χ0) is 16.1. The van der Waals surface area contributed by atoms with E-state index in [0.717, 1.165) is 5.69 Å². The third-order valence-corrected chi connectivity index (χ3v) is 2.91. The summed E-state index contributed by atoms with van der Waals surface area (Å²) in [5.41, 5.74) is 0.395. The number of carbonyl (C=O) groups excluding carboxylic acids is 1. The molecule has 1 heterocycles. The van der Waals surface area contributed by atoms with Crippen LogP contribution in [0.5, 0.6) is 0 Å². The van der Waals surface area contributed by atoms with Crippen molar-refractivity contribution in [2.24, 2.45) is 0 Å². The van der Waals surface area contributed by atoms with Crippen LogP contribution in [0.4, 0.5) is 4.79 Å². The van der Waals surface area contributed by atoms with Gasteiger partial charge in [-0.3, -0.25) is 0 Å². The summed E-state index contributed by atoms with van der Waals surface area (Å²) in [5, 5.41) is 2.75. The summed E-state index contributed by atoms with van der Waals surface area (Å²) in [6.07, 6.45) is 3.90. The first kappa shape index (κ1) is 17.5. The summed E-state index contributed by atoms with van der Waals surface area (Å²) in [4.78, 5) is 15.8. The quantitative estimate of drug-likeness (QED) is 0.875. The predicted molar refractivity (Wildman–Crippen MR) is 81.4 cm³/mol. The SMILES string of the molecule is COCC(C)(C)n1cncc1CCNC(=O)OC(C)(C)C. The maximum Gasteiger partial charge on any atom is 0.407 e. The molecule has 1 rings (SSSR count). The molecule has 0 atom stereocenters. The second kappa shape index (κ2) is 6.93. The van der Waals surface area contributed by atoms with Gasteiger partial charge in [0.15, 0.2) is 0 Å². The van der Waals surface area contributed by atoms with Crippen molar-refractivity contribution in [2.75, 3.05) is 20.3 Å². The van der Waals surface area contributed by atoms with Gasteiger partial charge in [-0.05, 0) is 34.6 Å². The van der Waals surface area contributed by atoms with Gasteiger partial charge in [-0.15, -0.1) is 0 Å². The Morgan fingerprint density at radius 1 is 1.33 bits per heavy atom. The maximum atomic E-state index is 11.6. The van der Waals surface area contributed by atoms with Crippen LogP contribution in [0.2, 0.25) is 0 Å². The molecule has 1 amide bonds. The Hall–Kier alpha value is -1.56. The number of carbonyl (C=O) groups is 1. The normalized spacial score (nSPS) is 12.3. The Kier molecular flexibility index (Phi) is 5.78. The molecular weight excluding hydrogens is 270 g/mol. The number of nitrogens with zero attached hydrogens (tertiary/aromatic N) is 2. The number of alkyl carbamates (subject to hydrolysis) is 1. The van der Waals surface area contributed by atoms with Crippen LogP contribution in [0, 0.1) is 0 Å². The van der Waals surface area contributed by atoms with Crippen molar-refractivity contribution >= 4 is 6.09 Å². The predicted octanol–water partition coefficient (Wildman–Crippen LogP) is 2.33. The molecule has 6 heteroatoms. The molecule has 0 aliphatic heterocycles. The molecule has 0 unspecified atom stereocenters. The molecule has 0 aliphatic rings. The molecule has 6 nitrogen and oxygen atoms in total. The minimum absolute atomic E-state index is 0.174. The second-order valence-corrected chi connectivity index (χ2v) is 6.68. The van der Waals surface area contributed by atoms with Crippen LogP contribution in [-0.2, 0) is 21.4 Å². The van der Waals surface area contributed by atoms with E-state index in [9.17, 15) is 4.79 Å². The van der Waals surface area contributed by atoms with E-state index in [1.165, 1.54) is 0 Å². The van der Waals surface area contributed by atoms with E-state index in [2.05, 4.69) is 28.7 Å². The standard InChI is InChI=1S/C15H27N3O3/c1-14(2,3)21-13(19)17-8-7-12-9-16-11-18(12)15(4,5)10-20-6/h9,11H,7-8,10H2,1-6H3,(H,17,19). The van der Waals surface area contributed by atoms with Crippen molar-refractivity contribution in [3.63, 3.8) is 0 Å². The minimum Gasteiger partial charge on any atom is -0.444 e. The van der Waals surface area contributed by atoms with Crippen LogP contribution in [0.15, 0.2) is 12.5 Å². The fraction of sp³-hybridized carbons (Fsp3) is 0.733. The summed E-state index contributed by atoms with van der Waals surface area (Å²) in [7, 11) is 1.68. The maximum absolute atomic E-state index is 11.6. The largest absolute Gasteiger partial charge is 0.444 e. The number of hydrogen-bond donors (Lipinski definition) is 1. The van der Waals surface area contributed by atoms with Crippen molar-refractivity contribution in [1.82, 2.24) is 14.9 Å². The number of nitrogens with one attached hydrogen (secondary N) is 1. The van der Waals surface area contributed by atoms with Crippen molar-refractivity contribution in [1.29, 1.82) is 0 Å². The topological polar surface area (TPSA) is 65.4 Å². The molecular formula is C15H27N3O3. The zero-order valence-corrected chi connectivity index (χ0v) is 13.9. The summed E-state index contributed by atoms with van der Waals surface area (Å²) >= 11 is 0. The monoisotopic (exact) mass is 297 g/mol. The third-order valence-electron chi connectivity index (χ3n) is 2.91. The molecule has 120 valence electrons. The van der Waals surface area contributed by atoms with Gasteiger partial charge in [0.1, 0.15) is 5.60 Å². The van der Waals surface area contributed by atoms with Crippen LogP contribution < -0.4 is 5.32 Å². The molecule has 0 aromatic carbocycles. The van der Waals surface area contributed by atoms with E-state index in [0.29, 0.717) is 19.6 Å². The first-order valence-electron chi connectivity index (χ1n) is 7.13.